The topological polar surface area (TPSA) is 33.2 Å². The van der Waals surface area contributed by atoms with E-state index in [4.69, 9.17) is 0 Å². The number of hydrogen-bond acceptors (Lipinski definition) is 3. The average Bonchev–Trinajstić information content (AvgIpc) is 2.95. The van der Waals surface area contributed by atoms with Gasteiger partial charge in [-0.15, -0.1) is 11.3 Å². The van der Waals surface area contributed by atoms with Gasteiger partial charge >= 0.3 is 0 Å². The number of carbonyl (C=O) groups excluding carboxylic acids is 1. The molecule has 1 amide bonds. The third-order valence-corrected chi connectivity index (χ3v) is 3.69. The number of amides is 1. The van der Waals surface area contributed by atoms with Gasteiger partial charge in [0.15, 0.2) is 0 Å². The maximum Gasteiger partial charge on any atom is 0.219 e. The number of carbonyl (C=O) groups is 1. The van der Waals surface area contributed by atoms with E-state index in [1.54, 1.807) is 23.2 Å². The summed E-state index contributed by atoms with van der Waals surface area (Å²) in [6, 6.07) is 0. The van der Waals surface area contributed by atoms with E-state index < -0.39 is 0 Å². The summed E-state index contributed by atoms with van der Waals surface area (Å²) in [6.07, 6.45) is 3.49. The lowest BCUT2D eigenvalue weighted by atomic mass is 10.3. The molecule has 0 radical (unpaired) electrons. The fraction of sp³-hybridized carbons (Fsp3) is 0.636. The van der Waals surface area contributed by atoms with E-state index in [0.717, 1.165) is 23.9 Å². The summed E-state index contributed by atoms with van der Waals surface area (Å²) in [6.45, 7) is 2.37. The second kappa shape index (κ2) is 4.31. The van der Waals surface area contributed by atoms with Crippen molar-refractivity contribution in [2.75, 3.05) is 13.6 Å². The van der Waals surface area contributed by atoms with Gasteiger partial charge < -0.3 is 4.90 Å². The first kappa shape index (κ1) is 10.6. The van der Waals surface area contributed by atoms with Crippen LogP contribution in [0.1, 0.15) is 36.4 Å². The molecular weight excluding hydrogens is 208 g/mol. The second-order valence-corrected chi connectivity index (χ2v) is 5.07. The van der Waals surface area contributed by atoms with Crippen molar-refractivity contribution in [3.63, 3.8) is 0 Å². The molecule has 0 atom stereocenters. The van der Waals surface area contributed by atoms with Gasteiger partial charge in [0.2, 0.25) is 5.91 Å². The van der Waals surface area contributed by atoms with Crippen LogP contribution in [-0.2, 0) is 11.2 Å². The predicted octanol–water partition coefficient (Wildman–Crippen LogP) is 2.04. The number of nitrogens with zero attached hydrogens (tertiary/aromatic N) is 2. The van der Waals surface area contributed by atoms with Crippen LogP contribution in [0.25, 0.3) is 0 Å². The Morgan fingerprint density at radius 1 is 1.67 bits per heavy atom. The number of likely N-dealkylation sites (N-methyl/N-ethyl adjacent to an activating group) is 1. The molecule has 1 aromatic heterocycles. The molecular formula is C11H16N2OS. The Labute approximate surface area is 94.1 Å². The molecule has 0 unspecified atom stereocenters. The molecule has 0 aliphatic heterocycles. The fourth-order valence-corrected chi connectivity index (χ4v) is 2.30. The fourth-order valence-electron chi connectivity index (χ4n) is 1.43. The lowest BCUT2D eigenvalue weighted by Gasteiger charge is -2.12. The Morgan fingerprint density at radius 3 is 3.00 bits per heavy atom. The molecule has 0 aromatic carbocycles. The maximum absolute atomic E-state index is 11.0. The van der Waals surface area contributed by atoms with Gasteiger partial charge in [-0.05, 0) is 12.8 Å². The largest absolute Gasteiger partial charge is 0.346 e. The van der Waals surface area contributed by atoms with Crippen LogP contribution in [0.2, 0.25) is 0 Å². The first-order chi connectivity index (χ1) is 7.16. The lowest BCUT2D eigenvalue weighted by molar-refractivity contribution is -0.127. The third kappa shape index (κ3) is 2.78. The van der Waals surface area contributed by atoms with Crippen LogP contribution in [-0.4, -0.2) is 29.4 Å². The number of hydrogen-bond donors (Lipinski definition) is 0. The van der Waals surface area contributed by atoms with E-state index in [9.17, 15) is 4.79 Å². The Hall–Kier alpha value is -0.900. The van der Waals surface area contributed by atoms with Crippen LogP contribution in [0.15, 0.2) is 5.38 Å². The highest BCUT2D eigenvalue weighted by Crippen LogP contribution is 2.40. The standard InChI is InChI=1S/C11H16N2OS/c1-8(14)13(2)6-5-11-12-10(7-15-11)9-3-4-9/h7,9H,3-6H2,1-2H3. The van der Waals surface area contributed by atoms with Crippen LogP contribution in [0.4, 0.5) is 0 Å². The number of rotatable bonds is 4. The molecule has 1 aromatic rings. The minimum Gasteiger partial charge on any atom is -0.346 e. The van der Waals surface area contributed by atoms with Gasteiger partial charge in [-0.1, -0.05) is 0 Å². The van der Waals surface area contributed by atoms with Crippen molar-refractivity contribution in [3.8, 4) is 0 Å². The SMILES string of the molecule is CC(=O)N(C)CCc1nc(C2CC2)cs1. The minimum absolute atomic E-state index is 0.119. The van der Waals surface area contributed by atoms with E-state index in [1.807, 2.05) is 7.05 Å². The van der Waals surface area contributed by atoms with Gasteiger partial charge in [0, 0.05) is 38.2 Å². The van der Waals surface area contributed by atoms with Crippen LogP contribution in [0, 0.1) is 0 Å². The van der Waals surface area contributed by atoms with Crippen LogP contribution < -0.4 is 0 Å². The van der Waals surface area contributed by atoms with Gasteiger partial charge in [-0.2, -0.15) is 0 Å². The first-order valence-electron chi connectivity index (χ1n) is 5.33. The molecule has 4 heteroatoms. The Bertz CT molecular complexity index is 357. The molecule has 0 N–H and O–H groups in total. The first-order valence-corrected chi connectivity index (χ1v) is 6.21. The summed E-state index contributed by atoms with van der Waals surface area (Å²) in [5.74, 6) is 0.856. The van der Waals surface area contributed by atoms with Crippen molar-refractivity contribution in [3.05, 3.63) is 16.1 Å². The summed E-state index contributed by atoms with van der Waals surface area (Å²) in [7, 11) is 1.83. The molecule has 1 heterocycles. The Balaban J connectivity index is 1.85. The molecule has 0 spiro atoms. The van der Waals surface area contributed by atoms with Gasteiger partial charge in [0.05, 0.1) is 10.7 Å². The van der Waals surface area contributed by atoms with E-state index >= 15 is 0 Å². The van der Waals surface area contributed by atoms with Gasteiger partial charge in [0.1, 0.15) is 0 Å². The normalized spacial score (nSPS) is 15.3. The molecule has 1 aliphatic carbocycles. The van der Waals surface area contributed by atoms with Crippen molar-refractivity contribution in [2.45, 2.75) is 32.1 Å². The molecule has 1 fully saturated rings. The Kier molecular flexibility index (Phi) is 3.05. The van der Waals surface area contributed by atoms with Crippen molar-refractivity contribution in [2.24, 2.45) is 0 Å². The van der Waals surface area contributed by atoms with Gasteiger partial charge in [-0.3, -0.25) is 4.79 Å². The van der Waals surface area contributed by atoms with Gasteiger partial charge in [-0.25, -0.2) is 4.98 Å². The second-order valence-electron chi connectivity index (χ2n) is 4.13. The minimum atomic E-state index is 0.119. The lowest BCUT2D eigenvalue weighted by Crippen LogP contribution is -2.26. The predicted molar refractivity (Wildman–Crippen MR) is 61.1 cm³/mol. The summed E-state index contributed by atoms with van der Waals surface area (Å²) in [5, 5.41) is 3.32. The summed E-state index contributed by atoms with van der Waals surface area (Å²) >= 11 is 1.72. The third-order valence-electron chi connectivity index (χ3n) is 2.76. The maximum atomic E-state index is 11.0. The van der Waals surface area contributed by atoms with E-state index in [-0.39, 0.29) is 5.91 Å². The summed E-state index contributed by atoms with van der Waals surface area (Å²) in [5.41, 5.74) is 1.26. The van der Waals surface area contributed by atoms with Crippen LogP contribution in [0.5, 0.6) is 0 Å². The summed E-state index contributed by atoms with van der Waals surface area (Å²) in [4.78, 5) is 17.3. The number of thiazole rings is 1. The average molecular weight is 224 g/mol. The number of aromatic nitrogens is 1. The molecule has 1 aliphatic rings. The van der Waals surface area contributed by atoms with Crippen molar-refractivity contribution < 1.29 is 4.79 Å². The van der Waals surface area contributed by atoms with E-state index in [1.165, 1.54) is 18.5 Å². The summed E-state index contributed by atoms with van der Waals surface area (Å²) < 4.78 is 0. The molecule has 1 saturated carbocycles. The Morgan fingerprint density at radius 2 is 2.40 bits per heavy atom. The molecule has 2 rings (SSSR count). The zero-order chi connectivity index (χ0) is 10.8. The molecule has 82 valence electrons. The smallest absolute Gasteiger partial charge is 0.219 e. The monoisotopic (exact) mass is 224 g/mol. The quantitative estimate of drug-likeness (QED) is 0.784. The van der Waals surface area contributed by atoms with Crippen molar-refractivity contribution in [1.82, 2.24) is 9.88 Å². The van der Waals surface area contributed by atoms with Crippen LogP contribution in [0.3, 0.4) is 0 Å². The highest BCUT2D eigenvalue weighted by molar-refractivity contribution is 7.09. The van der Waals surface area contributed by atoms with Crippen molar-refractivity contribution in [1.29, 1.82) is 0 Å². The van der Waals surface area contributed by atoms with E-state index in [2.05, 4.69) is 10.4 Å². The molecule has 3 nitrogen and oxygen atoms in total. The highest BCUT2D eigenvalue weighted by atomic mass is 32.1. The van der Waals surface area contributed by atoms with E-state index in [0.29, 0.717) is 0 Å². The molecule has 0 saturated heterocycles. The zero-order valence-corrected chi connectivity index (χ0v) is 10.0. The van der Waals surface area contributed by atoms with Crippen LogP contribution >= 0.6 is 11.3 Å². The van der Waals surface area contributed by atoms with Crippen molar-refractivity contribution >= 4 is 17.2 Å². The van der Waals surface area contributed by atoms with Gasteiger partial charge in [0.25, 0.3) is 0 Å². The zero-order valence-electron chi connectivity index (χ0n) is 9.19. The molecule has 15 heavy (non-hydrogen) atoms. The highest BCUT2D eigenvalue weighted by Gasteiger charge is 2.25. The molecule has 0 bridgehead atoms.